The van der Waals surface area contributed by atoms with Crippen LogP contribution in [0.1, 0.15) is 48.6 Å². The van der Waals surface area contributed by atoms with Crippen LogP contribution in [0.15, 0.2) is 73.1 Å². The molecule has 2 aromatic heterocycles. The zero-order valence-corrected chi connectivity index (χ0v) is 22.1. The quantitative estimate of drug-likeness (QED) is 0.318. The van der Waals surface area contributed by atoms with Crippen LogP contribution in [0.5, 0.6) is 0 Å². The van der Waals surface area contributed by atoms with E-state index in [1.165, 1.54) is 17.3 Å². The normalized spacial score (nSPS) is 13.2. The first kappa shape index (κ1) is 28.0. The predicted molar refractivity (Wildman–Crippen MR) is 142 cm³/mol. The molecule has 7 nitrogen and oxygen atoms in total. The zero-order chi connectivity index (χ0) is 28.2. The molecule has 0 saturated heterocycles. The second-order valence-corrected chi connectivity index (χ2v) is 10.4. The molecule has 2 heterocycles. The first-order valence-corrected chi connectivity index (χ1v) is 12.6. The third-order valence-electron chi connectivity index (χ3n) is 6.24. The number of carbonyl (C=O) groups excluding carboxylic acids is 1. The van der Waals surface area contributed by atoms with Crippen LogP contribution in [0, 0.1) is 17.0 Å². The summed E-state index contributed by atoms with van der Waals surface area (Å²) >= 11 is 0. The van der Waals surface area contributed by atoms with E-state index >= 15 is 0 Å². The Labute approximate surface area is 225 Å². The van der Waals surface area contributed by atoms with Gasteiger partial charge in [-0.3, -0.25) is 9.78 Å². The van der Waals surface area contributed by atoms with Gasteiger partial charge in [0.15, 0.2) is 11.6 Å². The molecule has 4 rings (SSSR count). The lowest BCUT2D eigenvalue weighted by molar-refractivity contribution is 0.0399. The van der Waals surface area contributed by atoms with E-state index in [1.807, 2.05) is 51.1 Å². The van der Waals surface area contributed by atoms with Crippen molar-refractivity contribution in [3.05, 3.63) is 102 Å². The highest BCUT2D eigenvalue weighted by atomic mass is 19.1. The van der Waals surface area contributed by atoms with E-state index < -0.39 is 35.2 Å². The number of rotatable bonds is 9. The van der Waals surface area contributed by atoms with Gasteiger partial charge in [-0.15, -0.1) is 0 Å². The number of hydrogen-bond acceptors (Lipinski definition) is 5. The fraction of sp³-hybridized carbons (Fsp3) is 0.310. The minimum atomic E-state index is -1.51. The molecule has 2 N–H and O–H groups in total. The van der Waals surface area contributed by atoms with Gasteiger partial charge in [0, 0.05) is 18.9 Å². The Hall–Kier alpha value is -4.05. The molecule has 0 bridgehead atoms. The summed E-state index contributed by atoms with van der Waals surface area (Å²) in [4.78, 5) is 23.9. The van der Waals surface area contributed by atoms with E-state index in [9.17, 15) is 18.0 Å². The molecule has 0 aliphatic rings. The molecule has 10 heteroatoms. The van der Waals surface area contributed by atoms with Crippen molar-refractivity contribution in [2.45, 2.75) is 39.5 Å². The third-order valence-corrected chi connectivity index (χ3v) is 6.24. The highest BCUT2D eigenvalue weighted by molar-refractivity contribution is 5.94. The van der Waals surface area contributed by atoms with Crippen LogP contribution >= 0.6 is 0 Å². The minimum absolute atomic E-state index is 0.0448. The number of benzene rings is 2. The Balaban J connectivity index is 1.92. The summed E-state index contributed by atoms with van der Waals surface area (Å²) in [5, 5.41) is 4.56. The highest BCUT2D eigenvalue weighted by Crippen LogP contribution is 2.39. The van der Waals surface area contributed by atoms with E-state index in [1.54, 1.807) is 16.8 Å². The van der Waals surface area contributed by atoms with Gasteiger partial charge in [-0.2, -0.15) is 5.10 Å². The fourth-order valence-corrected chi connectivity index (χ4v) is 4.45. The van der Waals surface area contributed by atoms with Crippen molar-refractivity contribution >= 4 is 5.91 Å². The summed E-state index contributed by atoms with van der Waals surface area (Å²) in [6.07, 6.45) is 1.44. The van der Waals surface area contributed by atoms with Crippen LogP contribution in [0.4, 0.5) is 13.2 Å². The van der Waals surface area contributed by atoms with Crippen LogP contribution in [-0.2, 0) is 6.54 Å². The first-order chi connectivity index (χ1) is 18.6. The van der Waals surface area contributed by atoms with E-state index in [4.69, 9.17) is 5.73 Å². The summed E-state index contributed by atoms with van der Waals surface area (Å²) in [7, 11) is 0. The highest BCUT2D eigenvalue weighted by Gasteiger charge is 2.40. The third kappa shape index (κ3) is 6.51. The van der Waals surface area contributed by atoms with Crippen molar-refractivity contribution in [2.75, 3.05) is 13.1 Å². The molecule has 2 aromatic carbocycles. The maximum atomic E-state index is 14.9. The average molecular weight is 537 g/mol. The monoisotopic (exact) mass is 536 g/mol. The molecule has 0 saturated carbocycles. The lowest BCUT2D eigenvalue weighted by Gasteiger charge is -2.40. The Morgan fingerprint density at radius 1 is 1.08 bits per heavy atom. The fourth-order valence-electron chi connectivity index (χ4n) is 4.45. The van der Waals surface area contributed by atoms with Crippen LogP contribution in [0.3, 0.4) is 0 Å². The number of pyridine rings is 1. The van der Waals surface area contributed by atoms with Crippen LogP contribution < -0.4 is 5.73 Å². The molecule has 0 radical (unpaired) electrons. The molecule has 0 aliphatic carbocycles. The Morgan fingerprint density at radius 2 is 1.82 bits per heavy atom. The number of hydrogen-bond donors (Lipinski definition) is 1. The van der Waals surface area contributed by atoms with Gasteiger partial charge in [0.2, 0.25) is 0 Å². The first-order valence-electron chi connectivity index (χ1n) is 12.6. The van der Waals surface area contributed by atoms with Crippen molar-refractivity contribution in [3.63, 3.8) is 0 Å². The Bertz CT molecular complexity index is 1410. The predicted octanol–water partition coefficient (Wildman–Crippen LogP) is 5.19. The van der Waals surface area contributed by atoms with E-state index in [0.29, 0.717) is 5.82 Å². The number of carbonyl (C=O) groups is 1. The van der Waals surface area contributed by atoms with Gasteiger partial charge >= 0.3 is 0 Å². The summed E-state index contributed by atoms with van der Waals surface area (Å²) in [6, 6.07) is 14.8. The van der Waals surface area contributed by atoms with Gasteiger partial charge in [0.25, 0.3) is 5.91 Å². The molecule has 2 unspecified atom stereocenters. The number of amides is 1. The molecule has 39 heavy (non-hydrogen) atoms. The number of aromatic nitrogens is 4. The topological polar surface area (TPSA) is 89.9 Å². The Kier molecular flexibility index (Phi) is 8.44. The lowest BCUT2D eigenvalue weighted by Crippen LogP contribution is -2.46. The largest absolute Gasteiger partial charge is 0.328 e. The van der Waals surface area contributed by atoms with Gasteiger partial charge in [0.1, 0.15) is 17.8 Å². The van der Waals surface area contributed by atoms with Crippen molar-refractivity contribution in [1.29, 1.82) is 0 Å². The van der Waals surface area contributed by atoms with Gasteiger partial charge < -0.3 is 10.6 Å². The maximum Gasteiger partial charge on any atom is 0.256 e. The summed E-state index contributed by atoms with van der Waals surface area (Å²) in [6.45, 7) is 5.30. The lowest BCUT2D eigenvalue weighted by atomic mass is 9.84. The van der Waals surface area contributed by atoms with Gasteiger partial charge in [-0.05, 0) is 41.3 Å². The molecule has 1 amide bonds. The zero-order valence-electron chi connectivity index (χ0n) is 22.1. The van der Waals surface area contributed by atoms with Crippen molar-refractivity contribution < 1.29 is 18.0 Å². The standard InChI is InChI=1S/C29H31F3N6O/c1-29(2,3)25(37(18-22(31)15-33)28(39)20-10-7-13-34-16-20)27-35-26(23-14-21(30)11-12-24(23)32)36-38(27)17-19-8-5-4-6-9-19/h4-14,16,22,25H,15,17-18,33H2,1-3H3. The van der Waals surface area contributed by atoms with E-state index in [0.717, 1.165) is 23.8 Å². The molecule has 0 spiro atoms. The average Bonchev–Trinajstić information content (AvgIpc) is 3.31. The maximum absolute atomic E-state index is 14.9. The number of halogens is 3. The van der Waals surface area contributed by atoms with Crippen LogP contribution in [0.25, 0.3) is 11.4 Å². The van der Waals surface area contributed by atoms with E-state index in [2.05, 4.69) is 15.1 Å². The van der Waals surface area contributed by atoms with Gasteiger partial charge in [-0.25, -0.2) is 22.8 Å². The van der Waals surface area contributed by atoms with Crippen molar-refractivity contribution in [3.8, 4) is 11.4 Å². The summed E-state index contributed by atoms with van der Waals surface area (Å²) in [5.41, 5.74) is 5.94. The second-order valence-electron chi connectivity index (χ2n) is 10.4. The molecule has 4 aromatic rings. The van der Waals surface area contributed by atoms with Crippen LogP contribution in [-0.4, -0.2) is 49.8 Å². The molecule has 0 aliphatic heterocycles. The molecule has 204 valence electrons. The van der Waals surface area contributed by atoms with Crippen molar-refractivity contribution in [1.82, 2.24) is 24.6 Å². The van der Waals surface area contributed by atoms with Gasteiger partial charge in [0.05, 0.1) is 30.3 Å². The van der Waals surface area contributed by atoms with Crippen molar-refractivity contribution in [2.24, 2.45) is 11.1 Å². The Morgan fingerprint density at radius 3 is 2.46 bits per heavy atom. The van der Waals surface area contributed by atoms with Crippen LogP contribution in [0.2, 0.25) is 0 Å². The molecule has 2 atom stereocenters. The van der Waals surface area contributed by atoms with Gasteiger partial charge in [-0.1, -0.05) is 51.1 Å². The number of nitrogens with two attached hydrogens (primary N) is 1. The summed E-state index contributed by atoms with van der Waals surface area (Å²) < 4.78 is 45.3. The van der Waals surface area contributed by atoms with E-state index in [-0.39, 0.29) is 36.6 Å². The smallest absolute Gasteiger partial charge is 0.256 e. The molecular formula is C29H31F3N6O. The number of nitrogens with zero attached hydrogens (tertiary/aromatic N) is 5. The molecule has 0 fully saturated rings. The summed E-state index contributed by atoms with van der Waals surface area (Å²) in [5.74, 6) is -1.55. The number of alkyl halides is 1. The second kappa shape index (κ2) is 11.8. The molecular weight excluding hydrogens is 505 g/mol. The minimum Gasteiger partial charge on any atom is -0.328 e. The SMILES string of the molecule is CC(C)(C)C(c1nc(-c2cc(F)ccc2F)nn1Cc1ccccc1)N(CC(F)CN)C(=O)c1cccnc1.